The van der Waals surface area contributed by atoms with Crippen LogP contribution in [0.15, 0.2) is 18.2 Å². The Morgan fingerprint density at radius 3 is 2.56 bits per heavy atom. The van der Waals surface area contributed by atoms with E-state index in [1.165, 1.54) is 0 Å². The Morgan fingerprint density at radius 1 is 1.33 bits per heavy atom. The summed E-state index contributed by atoms with van der Waals surface area (Å²) in [6.07, 6.45) is 3.99. The molecule has 0 amide bonds. The van der Waals surface area contributed by atoms with Crippen LogP contribution >= 0.6 is 23.2 Å². The van der Waals surface area contributed by atoms with E-state index in [-0.39, 0.29) is 11.4 Å². The zero-order valence-corrected chi connectivity index (χ0v) is 11.9. The van der Waals surface area contributed by atoms with Gasteiger partial charge in [-0.25, -0.2) is 0 Å². The molecule has 98 valence electrons. The molecule has 0 aromatic heterocycles. The van der Waals surface area contributed by atoms with Crippen molar-refractivity contribution in [3.8, 4) is 0 Å². The Bertz CT molecular complexity index is 448. The summed E-state index contributed by atoms with van der Waals surface area (Å²) in [6.45, 7) is 0. The number of halogens is 2. The van der Waals surface area contributed by atoms with Gasteiger partial charge in [-0.15, -0.1) is 0 Å². The molecule has 0 spiro atoms. The Hall–Kier alpha value is -0.570. The van der Waals surface area contributed by atoms with Crippen LogP contribution in [0.3, 0.4) is 0 Å². The number of rotatable bonds is 5. The number of carbonyl (C=O) groups is 1. The van der Waals surface area contributed by atoms with Gasteiger partial charge in [0.25, 0.3) is 0 Å². The van der Waals surface area contributed by atoms with Crippen LogP contribution in [-0.2, 0) is 16.0 Å². The Labute approximate surface area is 117 Å². The molecule has 1 aliphatic rings. The summed E-state index contributed by atoms with van der Waals surface area (Å²) in [5.74, 6) is 0.190. The first kappa shape index (κ1) is 13.9. The molecule has 18 heavy (non-hydrogen) atoms. The summed E-state index contributed by atoms with van der Waals surface area (Å²) in [6, 6.07) is 5.32. The molecular weight excluding hydrogens is 271 g/mol. The molecule has 2 nitrogen and oxygen atoms in total. The predicted octanol–water partition coefficient (Wildman–Crippen LogP) is 4.06. The lowest BCUT2D eigenvalue weighted by atomic mass is 9.76. The molecule has 0 radical (unpaired) electrons. The number of benzene rings is 1. The van der Waals surface area contributed by atoms with Crippen LogP contribution in [-0.4, -0.2) is 18.5 Å². The van der Waals surface area contributed by atoms with Crippen LogP contribution in [0.1, 0.15) is 31.2 Å². The first-order valence-electron chi connectivity index (χ1n) is 6.05. The smallest absolute Gasteiger partial charge is 0.140 e. The molecular formula is C14H16Cl2O2. The van der Waals surface area contributed by atoms with Gasteiger partial charge in [0.15, 0.2) is 0 Å². The van der Waals surface area contributed by atoms with Gasteiger partial charge in [0.1, 0.15) is 5.78 Å². The Kier molecular flexibility index (Phi) is 4.31. The topological polar surface area (TPSA) is 26.3 Å². The molecule has 2 rings (SSSR count). The fourth-order valence-corrected chi connectivity index (χ4v) is 2.64. The highest BCUT2D eigenvalue weighted by atomic mass is 35.5. The van der Waals surface area contributed by atoms with Crippen molar-refractivity contribution in [2.45, 2.75) is 37.7 Å². The standard InChI is InChI=1S/C14H16Cl2O2/c1-18-14(5-2-6-14)9-11(17)7-10-3-4-12(15)13(16)8-10/h3-4,8H,2,5-7,9H2,1H3. The summed E-state index contributed by atoms with van der Waals surface area (Å²) < 4.78 is 5.46. The third-order valence-electron chi connectivity index (χ3n) is 3.60. The van der Waals surface area contributed by atoms with Crippen molar-refractivity contribution >= 4 is 29.0 Å². The van der Waals surface area contributed by atoms with Crippen molar-refractivity contribution in [3.63, 3.8) is 0 Å². The lowest BCUT2D eigenvalue weighted by Crippen LogP contribution is -2.41. The van der Waals surface area contributed by atoms with Crippen molar-refractivity contribution in [2.24, 2.45) is 0 Å². The number of hydrogen-bond acceptors (Lipinski definition) is 2. The summed E-state index contributed by atoms with van der Waals surface area (Å²) in [5, 5.41) is 1.01. The highest BCUT2D eigenvalue weighted by molar-refractivity contribution is 6.42. The average Bonchev–Trinajstić information content (AvgIpc) is 2.29. The zero-order chi connectivity index (χ0) is 13.2. The predicted molar refractivity (Wildman–Crippen MR) is 73.4 cm³/mol. The summed E-state index contributed by atoms with van der Waals surface area (Å²) in [7, 11) is 1.69. The minimum Gasteiger partial charge on any atom is -0.378 e. The Morgan fingerprint density at radius 2 is 2.06 bits per heavy atom. The van der Waals surface area contributed by atoms with Gasteiger partial charge < -0.3 is 4.74 Å². The number of ketones is 1. The number of ether oxygens (including phenoxy) is 1. The molecule has 0 unspecified atom stereocenters. The molecule has 1 fully saturated rings. The molecule has 4 heteroatoms. The number of Topliss-reactive ketones (excluding diaryl/α,β-unsaturated/α-hetero) is 1. The molecule has 0 bridgehead atoms. The van der Waals surface area contributed by atoms with E-state index >= 15 is 0 Å². The van der Waals surface area contributed by atoms with Gasteiger partial charge in [0, 0.05) is 20.0 Å². The number of methoxy groups -OCH3 is 1. The van der Waals surface area contributed by atoms with Gasteiger partial charge in [0.2, 0.25) is 0 Å². The molecule has 0 saturated heterocycles. The van der Waals surface area contributed by atoms with E-state index in [1.54, 1.807) is 19.2 Å². The van der Waals surface area contributed by atoms with Crippen molar-refractivity contribution < 1.29 is 9.53 Å². The first-order valence-corrected chi connectivity index (χ1v) is 6.81. The first-order chi connectivity index (χ1) is 8.54. The van der Waals surface area contributed by atoms with E-state index in [4.69, 9.17) is 27.9 Å². The number of carbonyl (C=O) groups excluding carboxylic acids is 1. The second-order valence-corrected chi connectivity index (χ2v) is 5.70. The fraction of sp³-hybridized carbons (Fsp3) is 0.500. The van der Waals surface area contributed by atoms with Crippen molar-refractivity contribution in [3.05, 3.63) is 33.8 Å². The van der Waals surface area contributed by atoms with Gasteiger partial charge in [-0.05, 0) is 37.0 Å². The lowest BCUT2D eigenvalue weighted by molar-refractivity contribution is -0.131. The second kappa shape index (κ2) is 5.60. The van der Waals surface area contributed by atoms with Crippen molar-refractivity contribution in [1.29, 1.82) is 0 Å². The SMILES string of the molecule is COC1(CC(=O)Cc2ccc(Cl)c(Cl)c2)CCC1. The Balaban J connectivity index is 1.96. The van der Waals surface area contributed by atoms with Gasteiger partial charge in [-0.3, -0.25) is 4.79 Å². The van der Waals surface area contributed by atoms with Crippen LogP contribution in [0.25, 0.3) is 0 Å². The molecule has 1 aromatic carbocycles. The minimum atomic E-state index is -0.201. The summed E-state index contributed by atoms with van der Waals surface area (Å²) in [4.78, 5) is 12.0. The molecule has 1 saturated carbocycles. The van der Waals surface area contributed by atoms with Crippen LogP contribution in [0.2, 0.25) is 10.0 Å². The minimum absolute atomic E-state index is 0.190. The molecule has 0 heterocycles. The maximum absolute atomic E-state index is 12.0. The normalized spacial score (nSPS) is 17.3. The van der Waals surface area contributed by atoms with Crippen LogP contribution in [0.4, 0.5) is 0 Å². The van der Waals surface area contributed by atoms with Gasteiger partial charge in [-0.1, -0.05) is 29.3 Å². The molecule has 0 aliphatic heterocycles. The van der Waals surface area contributed by atoms with E-state index in [0.29, 0.717) is 22.9 Å². The molecule has 0 atom stereocenters. The third kappa shape index (κ3) is 3.05. The highest BCUT2D eigenvalue weighted by Crippen LogP contribution is 2.38. The highest BCUT2D eigenvalue weighted by Gasteiger charge is 2.38. The quantitative estimate of drug-likeness (QED) is 0.816. The van der Waals surface area contributed by atoms with E-state index in [1.807, 2.05) is 6.07 Å². The molecule has 1 aromatic rings. The third-order valence-corrected chi connectivity index (χ3v) is 4.34. The molecule has 0 N–H and O–H groups in total. The van der Waals surface area contributed by atoms with Gasteiger partial charge in [0.05, 0.1) is 15.6 Å². The van der Waals surface area contributed by atoms with Crippen LogP contribution < -0.4 is 0 Å². The zero-order valence-electron chi connectivity index (χ0n) is 10.3. The maximum Gasteiger partial charge on any atom is 0.140 e. The molecule has 1 aliphatic carbocycles. The summed E-state index contributed by atoms with van der Waals surface area (Å²) >= 11 is 11.8. The van der Waals surface area contributed by atoms with E-state index in [2.05, 4.69) is 0 Å². The van der Waals surface area contributed by atoms with Crippen molar-refractivity contribution in [1.82, 2.24) is 0 Å². The van der Waals surface area contributed by atoms with E-state index in [9.17, 15) is 4.79 Å². The lowest BCUT2D eigenvalue weighted by Gasteiger charge is -2.40. The number of hydrogen-bond donors (Lipinski definition) is 0. The monoisotopic (exact) mass is 286 g/mol. The maximum atomic E-state index is 12.0. The van der Waals surface area contributed by atoms with Crippen molar-refractivity contribution in [2.75, 3.05) is 7.11 Å². The van der Waals surface area contributed by atoms with Crippen LogP contribution in [0, 0.1) is 0 Å². The van der Waals surface area contributed by atoms with Gasteiger partial charge >= 0.3 is 0 Å². The van der Waals surface area contributed by atoms with E-state index in [0.717, 1.165) is 24.8 Å². The largest absolute Gasteiger partial charge is 0.378 e. The second-order valence-electron chi connectivity index (χ2n) is 4.88. The van der Waals surface area contributed by atoms with Crippen LogP contribution in [0.5, 0.6) is 0 Å². The summed E-state index contributed by atoms with van der Waals surface area (Å²) in [5.41, 5.74) is 0.702. The fourth-order valence-electron chi connectivity index (χ4n) is 2.32. The average molecular weight is 287 g/mol. The van der Waals surface area contributed by atoms with E-state index < -0.39 is 0 Å². The van der Waals surface area contributed by atoms with Gasteiger partial charge in [-0.2, -0.15) is 0 Å².